The number of carboxylic acids is 1. The Bertz CT molecular complexity index is 401. The largest absolute Gasteiger partial charge is 0.480 e. The SMILES string of the molecule is O=C(O)[C@@H]1CNCCN1c1ccnc(Cl)n1. The fraction of sp³-hybridized carbons (Fsp3) is 0.444. The number of carbonyl (C=O) groups is 1. The van der Waals surface area contributed by atoms with Gasteiger partial charge in [0.1, 0.15) is 11.9 Å². The summed E-state index contributed by atoms with van der Waals surface area (Å²) in [5.74, 6) is -0.323. The first-order chi connectivity index (χ1) is 7.68. The number of rotatable bonds is 2. The van der Waals surface area contributed by atoms with Gasteiger partial charge < -0.3 is 15.3 Å². The van der Waals surface area contributed by atoms with Crippen LogP contribution >= 0.6 is 11.6 Å². The highest BCUT2D eigenvalue weighted by atomic mass is 35.5. The van der Waals surface area contributed by atoms with E-state index < -0.39 is 12.0 Å². The van der Waals surface area contributed by atoms with Crippen molar-refractivity contribution in [3.05, 3.63) is 17.5 Å². The highest BCUT2D eigenvalue weighted by Crippen LogP contribution is 2.16. The molecule has 1 aromatic rings. The van der Waals surface area contributed by atoms with Gasteiger partial charge in [-0.15, -0.1) is 0 Å². The van der Waals surface area contributed by atoms with Crippen molar-refractivity contribution < 1.29 is 9.90 Å². The van der Waals surface area contributed by atoms with Crippen molar-refractivity contribution in [1.82, 2.24) is 15.3 Å². The molecule has 1 aliphatic rings. The average Bonchev–Trinajstić information content (AvgIpc) is 2.29. The molecule has 1 atom stereocenters. The maximum Gasteiger partial charge on any atom is 0.327 e. The van der Waals surface area contributed by atoms with E-state index in [2.05, 4.69) is 15.3 Å². The van der Waals surface area contributed by atoms with E-state index in [4.69, 9.17) is 16.7 Å². The Kier molecular flexibility index (Phi) is 3.21. The van der Waals surface area contributed by atoms with Crippen LogP contribution in [-0.4, -0.2) is 46.7 Å². The summed E-state index contributed by atoms with van der Waals surface area (Å²) in [5.41, 5.74) is 0. The van der Waals surface area contributed by atoms with Crippen LogP contribution in [0.25, 0.3) is 0 Å². The quantitative estimate of drug-likeness (QED) is 0.711. The lowest BCUT2D eigenvalue weighted by Gasteiger charge is -2.34. The molecule has 2 heterocycles. The average molecular weight is 243 g/mol. The third kappa shape index (κ3) is 2.23. The first kappa shape index (κ1) is 11.1. The van der Waals surface area contributed by atoms with Crippen LogP contribution in [0.5, 0.6) is 0 Å². The number of aromatic nitrogens is 2. The lowest BCUT2D eigenvalue weighted by molar-refractivity contribution is -0.138. The Labute approximate surface area is 97.3 Å². The second kappa shape index (κ2) is 4.63. The molecule has 6 nitrogen and oxygen atoms in total. The molecule has 0 bridgehead atoms. The third-order valence-electron chi connectivity index (χ3n) is 2.43. The molecule has 0 aromatic carbocycles. The summed E-state index contributed by atoms with van der Waals surface area (Å²) in [7, 11) is 0. The molecule has 2 rings (SSSR count). The van der Waals surface area contributed by atoms with E-state index in [1.807, 2.05) is 0 Å². The van der Waals surface area contributed by atoms with Crippen LogP contribution in [-0.2, 0) is 4.79 Å². The van der Waals surface area contributed by atoms with Crippen LogP contribution in [0.1, 0.15) is 0 Å². The van der Waals surface area contributed by atoms with E-state index in [0.29, 0.717) is 18.9 Å². The van der Waals surface area contributed by atoms with E-state index >= 15 is 0 Å². The first-order valence-electron chi connectivity index (χ1n) is 4.87. The third-order valence-corrected chi connectivity index (χ3v) is 2.62. The number of hydrogen-bond acceptors (Lipinski definition) is 5. The standard InChI is InChI=1S/C9H11ClN4O2/c10-9-12-2-1-7(13-9)14-4-3-11-5-6(14)8(15)16/h1-2,6,11H,3-5H2,(H,15,16)/t6-/m0/s1. The van der Waals surface area contributed by atoms with E-state index in [0.717, 1.165) is 6.54 Å². The second-order valence-corrected chi connectivity index (χ2v) is 3.77. The summed E-state index contributed by atoms with van der Waals surface area (Å²) in [5, 5.41) is 12.2. The van der Waals surface area contributed by atoms with Gasteiger partial charge in [0.05, 0.1) is 0 Å². The number of halogens is 1. The summed E-state index contributed by atoms with van der Waals surface area (Å²) in [4.78, 5) is 20.6. The van der Waals surface area contributed by atoms with Crippen molar-refractivity contribution in [3.8, 4) is 0 Å². The van der Waals surface area contributed by atoms with Gasteiger partial charge in [0.2, 0.25) is 5.28 Å². The van der Waals surface area contributed by atoms with Crippen LogP contribution in [0.15, 0.2) is 12.3 Å². The van der Waals surface area contributed by atoms with Crippen molar-refractivity contribution in [2.75, 3.05) is 24.5 Å². The van der Waals surface area contributed by atoms with E-state index in [1.54, 1.807) is 11.0 Å². The molecule has 7 heteroatoms. The van der Waals surface area contributed by atoms with Crippen LogP contribution in [0.2, 0.25) is 5.28 Å². The maximum atomic E-state index is 11.1. The first-order valence-corrected chi connectivity index (χ1v) is 5.25. The lowest BCUT2D eigenvalue weighted by Crippen LogP contribution is -2.55. The fourth-order valence-corrected chi connectivity index (χ4v) is 1.83. The van der Waals surface area contributed by atoms with Gasteiger partial charge in [-0.3, -0.25) is 0 Å². The van der Waals surface area contributed by atoms with Crippen LogP contribution < -0.4 is 10.2 Å². The van der Waals surface area contributed by atoms with E-state index in [9.17, 15) is 4.79 Å². The molecule has 1 aromatic heterocycles. The van der Waals surface area contributed by atoms with E-state index in [-0.39, 0.29) is 5.28 Å². The Morgan fingerprint density at radius 2 is 2.50 bits per heavy atom. The molecule has 0 aliphatic carbocycles. The number of nitrogens with zero attached hydrogens (tertiary/aromatic N) is 3. The van der Waals surface area contributed by atoms with Crippen LogP contribution in [0.3, 0.4) is 0 Å². The summed E-state index contributed by atoms with van der Waals surface area (Å²) in [6.45, 7) is 1.71. The number of anilines is 1. The maximum absolute atomic E-state index is 11.1. The van der Waals surface area contributed by atoms with Gasteiger partial charge >= 0.3 is 5.97 Å². The predicted molar refractivity (Wildman–Crippen MR) is 58.7 cm³/mol. The Balaban J connectivity index is 2.26. The summed E-state index contributed by atoms with van der Waals surface area (Å²) >= 11 is 5.68. The molecule has 0 radical (unpaired) electrons. The molecule has 16 heavy (non-hydrogen) atoms. The molecule has 1 saturated heterocycles. The number of nitrogens with one attached hydrogen (secondary N) is 1. The normalized spacial score (nSPS) is 20.8. The highest BCUT2D eigenvalue weighted by Gasteiger charge is 2.29. The molecular weight excluding hydrogens is 232 g/mol. The molecular formula is C9H11ClN4O2. The van der Waals surface area contributed by atoms with Crippen LogP contribution in [0, 0.1) is 0 Å². The zero-order valence-corrected chi connectivity index (χ0v) is 9.18. The van der Waals surface area contributed by atoms with Crippen molar-refractivity contribution in [1.29, 1.82) is 0 Å². The summed E-state index contributed by atoms with van der Waals surface area (Å²) in [6.07, 6.45) is 1.52. The van der Waals surface area contributed by atoms with Crippen molar-refractivity contribution in [2.45, 2.75) is 6.04 Å². The molecule has 1 fully saturated rings. The fourth-order valence-electron chi connectivity index (χ4n) is 1.69. The Morgan fingerprint density at radius 1 is 1.69 bits per heavy atom. The smallest absolute Gasteiger partial charge is 0.327 e. The number of carboxylic acid groups (broad SMARTS) is 1. The van der Waals surface area contributed by atoms with Gasteiger partial charge in [-0.2, -0.15) is 0 Å². The number of piperazine rings is 1. The molecule has 0 saturated carbocycles. The van der Waals surface area contributed by atoms with Crippen molar-refractivity contribution in [2.24, 2.45) is 0 Å². The van der Waals surface area contributed by atoms with Gasteiger partial charge in [-0.05, 0) is 17.7 Å². The van der Waals surface area contributed by atoms with Gasteiger partial charge in [0.25, 0.3) is 0 Å². The molecule has 1 aliphatic heterocycles. The second-order valence-electron chi connectivity index (χ2n) is 3.44. The molecule has 0 amide bonds. The zero-order valence-electron chi connectivity index (χ0n) is 8.43. The minimum Gasteiger partial charge on any atom is -0.480 e. The molecule has 86 valence electrons. The van der Waals surface area contributed by atoms with Gasteiger partial charge in [0.15, 0.2) is 0 Å². The van der Waals surface area contributed by atoms with Crippen molar-refractivity contribution in [3.63, 3.8) is 0 Å². The van der Waals surface area contributed by atoms with Crippen LogP contribution in [0.4, 0.5) is 5.82 Å². The van der Waals surface area contributed by atoms with Crippen molar-refractivity contribution >= 4 is 23.4 Å². The minimum atomic E-state index is -0.873. The predicted octanol–water partition coefficient (Wildman–Crippen LogP) is -0.00720. The van der Waals surface area contributed by atoms with E-state index in [1.165, 1.54) is 6.20 Å². The Hall–Kier alpha value is -1.40. The topological polar surface area (TPSA) is 78.4 Å². The molecule has 0 unspecified atom stereocenters. The minimum absolute atomic E-state index is 0.125. The lowest BCUT2D eigenvalue weighted by atomic mass is 10.2. The number of hydrogen-bond donors (Lipinski definition) is 2. The summed E-state index contributed by atoms with van der Waals surface area (Å²) < 4.78 is 0. The van der Waals surface area contributed by atoms with Gasteiger partial charge in [0, 0.05) is 25.8 Å². The monoisotopic (exact) mass is 242 g/mol. The van der Waals surface area contributed by atoms with Gasteiger partial charge in [-0.1, -0.05) is 0 Å². The molecule has 0 spiro atoms. The zero-order chi connectivity index (χ0) is 11.5. The highest BCUT2D eigenvalue weighted by molar-refractivity contribution is 6.28. The number of aliphatic carboxylic acids is 1. The van der Waals surface area contributed by atoms with Gasteiger partial charge in [-0.25, -0.2) is 14.8 Å². The summed E-state index contributed by atoms with van der Waals surface area (Å²) in [6, 6.07) is 1.05. The Morgan fingerprint density at radius 3 is 3.19 bits per heavy atom. The molecule has 2 N–H and O–H groups in total.